The Morgan fingerprint density at radius 3 is 2.62 bits per heavy atom. The highest BCUT2D eigenvalue weighted by Gasteiger charge is 2.17. The van der Waals surface area contributed by atoms with Crippen molar-refractivity contribution in [3.05, 3.63) is 41.5 Å². The van der Waals surface area contributed by atoms with Crippen molar-refractivity contribution in [1.82, 2.24) is 20.4 Å². The maximum Gasteiger partial charge on any atom is 0.251 e. The molecule has 1 fully saturated rings. The van der Waals surface area contributed by atoms with Crippen molar-refractivity contribution in [1.29, 1.82) is 0 Å². The van der Waals surface area contributed by atoms with Crippen LogP contribution in [0.5, 0.6) is 5.75 Å². The van der Waals surface area contributed by atoms with Gasteiger partial charge < -0.3 is 19.5 Å². The molecule has 0 radical (unpaired) electrons. The molecule has 0 saturated carbocycles. The van der Waals surface area contributed by atoms with Gasteiger partial charge in [0.15, 0.2) is 6.61 Å². The average molecular weight is 358 g/mol. The van der Waals surface area contributed by atoms with Crippen LogP contribution in [0.4, 0.5) is 0 Å². The van der Waals surface area contributed by atoms with Gasteiger partial charge in [-0.3, -0.25) is 9.59 Å². The summed E-state index contributed by atoms with van der Waals surface area (Å²) in [5.41, 5.74) is 0.515. The van der Waals surface area contributed by atoms with Crippen LogP contribution in [0, 0.1) is 6.92 Å². The van der Waals surface area contributed by atoms with Crippen LogP contribution in [0.2, 0.25) is 0 Å². The number of benzene rings is 1. The molecule has 1 aliphatic rings. The van der Waals surface area contributed by atoms with Crippen LogP contribution in [0.25, 0.3) is 0 Å². The van der Waals surface area contributed by atoms with E-state index in [1.807, 2.05) is 4.90 Å². The number of carbonyl (C=O) groups excluding carboxylic acids is 2. The highest BCUT2D eigenvalue weighted by Crippen LogP contribution is 2.14. The minimum absolute atomic E-state index is 0.100. The lowest BCUT2D eigenvalue weighted by molar-refractivity contribution is -0.129. The molecule has 138 valence electrons. The van der Waals surface area contributed by atoms with Gasteiger partial charge in [0.05, 0.1) is 0 Å². The summed E-state index contributed by atoms with van der Waals surface area (Å²) >= 11 is 0. The van der Waals surface area contributed by atoms with Gasteiger partial charge in [-0.2, -0.15) is 4.98 Å². The minimum atomic E-state index is -0.209. The van der Waals surface area contributed by atoms with Gasteiger partial charge in [0.1, 0.15) is 5.75 Å². The van der Waals surface area contributed by atoms with E-state index in [0.29, 0.717) is 36.0 Å². The van der Waals surface area contributed by atoms with Gasteiger partial charge in [-0.05, 0) is 37.1 Å². The van der Waals surface area contributed by atoms with Crippen molar-refractivity contribution in [2.24, 2.45) is 0 Å². The van der Waals surface area contributed by atoms with E-state index in [2.05, 4.69) is 15.5 Å². The molecule has 1 saturated heterocycles. The summed E-state index contributed by atoms with van der Waals surface area (Å²) in [4.78, 5) is 30.0. The number of nitrogens with one attached hydrogen (secondary N) is 1. The summed E-state index contributed by atoms with van der Waals surface area (Å²) in [6.45, 7) is 3.91. The van der Waals surface area contributed by atoms with Crippen molar-refractivity contribution in [3.8, 4) is 5.75 Å². The fourth-order valence-electron chi connectivity index (χ4n) is 2.76. The van der Waals surface area contributed by atoms with E-state index in [9.17, 15) is 9.59 Å². The zero-order valence-corrected chi connectivity index (χ0v) is 14.7. The van der Waals surface area contributed by atoms with Crippen LogP contribution in [0.15, 0.2) is 28.8 Å². The van der Waals surface area contributed by atoms with Gasteiger partial charge in [-0.25, -0.2) is 0 Å². The molecular weight excluding hydrogens is 336 g/mol. The normalized spacial score (nSPS) is 13.7. The zero-order valence-electron chi connectivity index (χ0n) is 14.7. The molecule has 2 aromatic rings. The lowest BCUT2D eigenvalue weighted by atomic mass is 10.2. The van der Waals surface area contributed by atoms with Crippen molar-refractivity contribution in [2.75, 3.05) is 19.6 Å². The number of hydrogen-bond acceptors (Lipinski definition) is 6. The van der Waals surface area contributed by atoms with Gasteiger partial charge in [-0.1, -0.05) is 5.16 Å². The Morgan fingerprint density at radius 1 is 1.23 bits per heavy atom. The van der Waals surface area contributed by atoms with Crippen LogP contribution in [-0.4, -0.2) is 46.5 Å². The molecule has 8 nitrogen and oxygen atoms in total. The lowest BCUT2D eigenvalue weighted by Gasteiger charge is -2.15. The third kappa shape index (κ3) is 4.81. The Balaban J connectivity index is 1.42. The minimum Gasteiger partial charge on any atom is -0.485 e. The Kier molecular flexibility index (Phi) is 5.83. The fourth-order valence-corrected chi connectivity index (χ4v) is 2.76. The second kappa shape index (κ2) is 8.46. The van der Waals surface area contributed by atoms with Gasteiger partial charge in [0.25, 0.3) is 5.91 Å². The lowest BCUT2D eigenvalue weighted by Crippen LogP contribution is -2.32. The summed E-state index contributed by atoms with van der Waals surface area (Å²) < 4.78 is 10.4. The first-order valence-electron chi connectivity index (χ1n) is 8.70. The summed E-state index contributed by atoms with van der Waals surface area (Å²) in [6.07, 6.45) is 2.47. The molecule has 1 aromatic carbocycles. The van der Waals surface area contributed by atoms with E-state index in [1.54, 1.807) is 31.2 Å². The summed E-state index contributed by atoms with van der Waals surface area (Å²) in [7, 11) is 0. The fraction of sp³-hybridized carbons (Fsp3) is 0.444. The monoisotopic (exact) mass is 358 g/mol. The first-order chi connectivity index (χ1) is 12.6. The molecule has 2 heterocycles. The third-order valence-corrected chi connectivity index (χ3v) is 4.14. The Bertz CT molecular complexity index is 751. The molecule has 26 heavy (non-hydrogen) atoms. The maximum absolute atomic E-state index is 12.1. The van der Waals surface area contributed by atoms with Crippen LogP contribution < -0.4 is 10.1 Å². The highest BCUT2D eigenvalue weighted by atomic mass is 16.5. The first kappa shape index (κ1) is 17.9. The van der Waals surface area contributed by atoms with E-state index in [4.69, 9.17) is 9.26 Å². The highest BCUT2D eigenvalue weighted by molar-refractivity contribution is 5.94. The predicted octanol–water partition coefficient (Wildman–Crippen LogP) is 1.70. The summed E-state index contributed by atoms with van der Waals surface area (Å²) in [5, 5.41) is 6.52. The van der Waals surface area contributed by atoms with Crippen molar-refractivity contribution in [2.45, 2.75) is 32.8 Å². The molecule has 3 rings (SSSR count). The summed E-state index contributed by atoms with van der Waals surface area (Å²) in [5.74, 6) is 1.45. The topological polar surface area (TPSA) is 97.6 Å². The molecule has 1 N–H and O–H groups in total. The van der Waals surface area contributed by atoms with Crippen molar-refractivity contribution in [3.63, 3.8) is 0 Å². The molecule has 2 amide bonds. The molecule has 1 aliphatic heterocycles. The van der Waals surface area contributed by atoms with Gasteiger partial charge in [0, 0.05) is 38.5 Å². The van der Waals surface area contributed by atoms with Crippen LogP contribution in [0.3, 0.4) is 0 Å². The smallest absolute Gasteiger partial charge is 0.251 e. The Labute approximate surface area is 151 Å². The predicted molar refractivity (Wildman–Crippen MR) is 92.6 cm³/mol. The number of nitrogens with zero attached hydrogens (tertiary/aromatic N) is 3. The first-order valence-corrected chi connectivity index (χ1v) is 8.70. The van der Waals surface area contributed by atoms with E-state index in [-0.39, 0.29) is 18.4 Å². The number of likely N-dealkylation sites (tertiary alicyclic amines) is 1. The molecule has 1 aromatic heterocycles. The van der Waals surface area contributed by atoms with Crippen molar-refractivity contribution >= 4 is 11.8 Å². The average Bonchev–Trinajstić information content (AvgIpc) is 3.32. The largest absolute Gasteiger partial charge is 0.485 e. The maximum atomic E-state index is 12.1. The number of carbonyl (C=O) groups is 2. The number of aryl methyl sites for hydroxylation is 1. The molecule has 0 aliphatic carbocycles. The molecule has 8 heteroatoms. The number of hydrogen-bond donors (Lipinski definition) is 1. The Hall–Kier alpha value is -2.90. The molecule has 0 atom stereocenters. The van der Waals surface area contributed by atoms with Gasteiger partial charge in [-0.15, -0.1) is 0 Å². The number of ether oxygens (including phenoxy) is 1. The second-order valence-corrected chi connectivity index (χ2v) is 6.14. The second-order valence-electron chi connectivity index (χ2n) is 6.14. The van der Waals surface area contributed by atoms with E-state index < -0.39 is 0 Å². The number of amides is 2. The van der Waals surface area contributed by atoms with E-state index in [1.165, 1.54) is 0 Å². The van der Waals surface area contributed by atoms with Crippen LogP contribution in [0.1, 0.15) is 41.3 Å². The Morgan fingerprint density at radius 2 is 1.96 bits per heavy atom. The third-order valence-electron chi connectivity index (χ3n) is 4.14. The SMILES string of the molecule is Cc1nc(COc2ccc(C(=O)NCCC(=O)N3CCCC3)cc2)no1. The van der Waals surface area contributed by atoms with Crippen LogP contribution >= 0.6 is 0 Å². The summed E-state index contributed by atoms with van der Waals surface area (Å²) in [6, 6.07) is 6.76. The van der Waals surface area contributed by atoms with Crippen molar-refractivity contribution < 1.29 is 18.8 Å². The number of aromatic nitrogens is 2. The van der Waals surface area contributed by atoms with Gasteiger partial charge in [0.2, 0.25) is 17.6 Å². The molecule has 0 unspecified atom stereocenters. The molecule has 0 bridgehead atoms. The standard InChI is InChI=1S/C18H22N4O4/c1-13-20-16(21-26-13)12-25-15-6-4-14(5-7-15)18(24)19-9-8-17(23)22-10-2-3-11-22/h4-7H,2-3,8-12H2,1H3,(H,19,24). The molecular formula is C18H22N4O4. The van der Waals surface area contributed by atoms with E-state index >= 15 is 0 Å². The van der Waals surface area contributed by atoms with Gasteiger partial charge >= 0.3 is 0 Å². The quantitative estimate of drug-likeness (QED) is 0.809. The zero-order chi connectivity index (χ0) is 18.4. The van der Waals surface area contributed by atoms with E-state index in [0.717, 1.165) is 25.9 Å². The molecule has 0 spiro atoms. The van der Waals surface area contributed by atoms with Crippen LogP contribution in [-0.2, 0) is 11.4 Å². The number of rotatable bonds is 7.